The third-order valence-corrected chi connectivity index (χ3v) is 5.09. The summed E-state index contributed by atoms with van der Waals surface area (Å²) in [5.41, 5.74) is 8.18. The number of aryl methyl sites for hydroxylation is 1. The summed E-state index contributed by atoms with van der Waals surface area (Å²) in [5, 5.41) is 3.20. The second-order valence-corrected chi connectivity index (χ2v) is 7.47. The molecule has 8 nitrogen and oxygen atoms in total. The molecule has 1 aliphatic heterocycles. The molecule has 3 N–H and O–H groups in total. The number of methoxy groups -OCH3 is 1. The molecule has 0 amide bonds. The van der Waals surface area contributed by atoms with Crippen LogP contribution in [0.2, 0.25) is 0 Å². The van der Waals surface area contributed by atoms with Gasteiger partial charge in [-0.25, -0.2) is 4.79 Å². The Balaban J connectivity index is 1.65. The summed E-state index contributed by atoms with van der Waals surface area (Å²) in [6, 6.07) is 7.42. The van der Waals surface area contributed by atoms with Crippen molar-refractivity contribution in [2.24, 2.45) is 0 Å². The maximum absolute atomic E-state index is 12.9. The van der Waals surface area contributed by atoms with Gasteiger partial charge in [0.1, 0.15) is 12.5 Å². The first-order valence-electron chi connectivity index (χ1n) is 9.83. The lowest BCUT2D eigenvalue weighted by Crippen LogP contribution is -2.29. The molecular weight excluding hydrogens is 372 g/mol. The van der Waals surface area contributed by atoms with Gasteiger partial charge in [-0.2, -0.15) is 4.98 Å². The van der Waals surface area contributed by atoms with Gasteiger partial charge in [-0.05, 0) is 50.8 Å². The minimum absolute atomic E-state index is 0.00551. The number of carbonyl (C=O) groups is 1. The molecule has 0 radical (unpaired) electrons. The third-order valence-electron chi connectivity index (χ3n) is 5.09. The quantitative estimate of drug-likeness (QED) is 0.656. The highest BCUT2D eigenvalue weighted by Gasteiger charge is 2.28. The van der Waals surface area contributed by atoms with Crippen molar-refractivity contribution < 1.29 is 14.3 Å². The van der Waals surface area contributed by atoms with Crippen molar-refractivity contribution in [2.75, 3.05) is 24.7 Å². The molecule has 0 fully saturated rings. The van der Waals surface area contributed by atoms with Crippen LogP contribution in [0.1, 0.15) is 54.1 Å². The highest BCUT2D eigenvalue weighted by atomic mass is 16.5. The van der Waals surface area contributed by atoms with Gasteiger partial charge in [0.25, 0.3) is 5.56 Å². The average Bonchev–Trinajstić information content (AvgIpc) is 3.10. The fraction of sp³-hybridized carbons (Fsp3) is 0.476. The molecule has 3 rings (SSSR count). The molecule has 1 aromatic heterocycles. The van der Waals surface area contributed by atoms with E-state index in [0.717, 1.165) is 24.8 Å². The van der Waals surface area contributed by atoms with E-state index in [-0.39, 0.29) is 36.2 Å². The van der Waals surface area contributed by atoms with Crippen LogP contribution in [-0.4, -0.2) is 35.3 Å². The standard InChI is InChI=1S/C21H28N4O4/c1-13(2)29-12-25-19(26)17-16(11-23-18(17)24-21(25)22)6-4-5-14-7-9-15(10-8-14)20(27)28-3/h7-10,13,16,23H,4-6,11-12H2,1-3H3,(H2,22,24). The zero-order valence-electron chi connectivity index (χ0n) is 17.1. The van der Waals surface area contributed by atoms with Crippen molar-refractivity contribution in [2.45, 2.75) is 51.9 Å². The van der Waals surface area contributed by atoms with E-state index in [1.165, 1.54) is 11.7 Å². The number of fused-ring (bicyclic) bond motifs is 1. The molecule has 8 heteroatoms. The molecule has 1 aromatic carbocycles. The van der Waals surface area contributed by atoms with Crippen molar-refractivity contribution in [1.29, 1.82) is 0 Å². The molecule has 29 heavy (non-hydrogen) atoms. The maximum Gasteiger partial charge on any atom is 0.337 e. The molecule has 156 valence electrons. The molecule has 0 saturated heterocycles. The average molecular weight is 400 g/mol. The number of nitrogen functional groups attached to an aromatic ring is 1. The Labute approximate surface area is 170 Å². The van der Waals surface area contributed by atoms with Crippen LogP contribution in [0.25, 0.3) is 0 Å². The van der Waals surface area contributed by atoms with Gasteiger partial charge < -0.3 is 20.5 Å². The van der Waals surface area contributed by atoms with E-state index in [4.69, 9.17) is 15.2 Å². The first-order valence-corrected chi connectivity index (χ1v) is 9.83. The number of aromatic nitrogens is 2. The predicted molar refractivity (Wildman–Crippen MR) is 111 cm³/mol. The van der Waals surface area contributed by atoms with Gasteiger partial charge in [0, 0.05) is 12.5 Å². The van der Waals surface area contributed by atoms with Gasteiger partial charge >= 0.3 is 5.97 Å². The van der Waals surface area contributed by atoms with Gasteiger partial charge in [-0.15, -0.1) is 0 Å². The highest BCUT2D eigenvalue weighted by Crippen LogP contribution is 2.31. The largest absolute Gasteiger partial charge is 0.465 e. The topological polar surface area (TPSA) is 108 Å². The summed E-state index contributed by atoms with van der Waals surface area (Å²) in [4.78, 5) is 28.8. The summed E-state index contributed by atoms with van der Waals surface area (Å²) in [7, 11) is 1.37. The Kier molecular flexibility index (Phi) is 6.53. The molecule has 1 unspecified atom stereocenters. The molecule has 2 heterocycles. The van der Waals surface area contributed by atoms with Crippen LogP contribution in [-0.2, 0) is 22.6 Å². The lowest BCUT2D eigenvalue weighted by molar-refractivity contribution is 0.0274. The Bertz CT molecular complexity index is 922. The summed E-state index contributed by atoms with van der Waals surface area (Å²) >= 11 is 0. The number of nitrogens with two attached hydrogens (primary N) is 1. The molecule has 2 aromatic rings. The summed E-state index contributed by atoms with van der Waals surface area (Å²) in [6.07, 6.45) is 2.62. The van der Waals surface area contributed by atoms with Gasteiger partial charge in [0.05, 0.1) is 24.3 Å². The SMILES string of the molecule is COC(=O)c1ccc(CCCC2CNc3nc(N)n(COC(C)C)c(=O)c32)cc1. The van der Waals surface area contributed by atoms with E-state index in [0.29, 0.717) is 23.5 Å². The lowest BCUT2D eigenvalue weighted by atomic mass is 9.95. The summed E-state index contributed by atoms with van der Waals surface area (Å²) in [6.45, 7) is 4.59. The van der Waals surface area contributed by atoms with E-state index in [2.05, 4.69) is 10.3 Å². The van der Waals surface area contributed by atoms with Crippen LogP contribution in [0.5, 0.6) is 0 Å². The van der Waals surface area contributed by atoms with Crippen LogP contribution < -0.4 is 16.6 Å². The van der Waals surface area contributed by atoms with E-state index < -0.39 is 0 Å². The zero-order valence-corrected chi connectivity index (χ0v) is 17.1. The van der Waals surface area contributed by atoms with E-state index in [1.807, 2.05) is 26.0 Å². The molecular formula is C21H28N4O4. The Morgan fingerprint density at radius 3 is 2.72 bits per heavy atom. The predicted octanol–water partition coefficient (Wildman–Crippen LogP) is 2.53. The van der Waals surface area contributed by atoms with Crippen LogP contribution >= 0.6 is 0 Å². The number of benzene rings is 1. The Hall–Kier alpha value is -2.87. The van der Waals surface area contributed by atoms with E-state index >= 15 is 0 Å². The van der Waals surface area contributed by atoms with Gasteiger partial charge in [0.15, 0.2) is 0 Å². The zero-order chi connectivity index (χ0) is 21.0. The van der Waals surface area contributed by atoms with Crippen LogP contribution in [0.4, 0.5) is 11.8 Å². The van der Waals surface area contributed by atoms with E-state index in [9.17, 15) is 9.59 Å². The lowest BCUT2D eigenvalue weighted by Gasteiger charge is -2.15. The normalized spacial score (nSPS) is 15.2. The van der Waals surface area contributed by atoms with Gasteiger partial charge in [-0.1, -0.05) is 12.1 Å². The molecule has 1 atom stereocenters. The number of anilines is 2. The smallest absolute Gasteiger partial charge is 0.337 e. The number of esters is 1. The fourth-order valence-corrected chi connectivity index (χ4v) is 3.48. The maximum atomic E-state index is 12.9. The first-order chi connectivity index (χ1) is 13.9. The minimum Gasteiger partial charge on any atom is -0.465 e. The third kappa shape index (κ3) is 4.76. The molecule has 0 bridgehead atoms. The van der Waals surface area contributed by atoms with Crippen molar-refractivity contribution in [1.82, 2.24) is 9.55 Å². The highest BCUT2D eigenvalue weighted by molar-refractivity contribution is 5.89. The number of carbonyl (C=O) groups excluding carboxylic acids is 1. The number of ether oxygens (including phenoxy) is 2. The van der Waals surface area contributed by atoms with Gasteiger partial charge in [0.2, 0.25) is 5.95 Å². The summed E-state index contributed by atoms with van der Waals surface area (Å²) < 4.78 is 11.7. The second-order valence-electron chi connectivity index (χ2n) is 7.47. The first kappa shape index (κ1) is 20.9. The number of hydrogen-bond donors (Lipinski definition) is 2. The van der Waals surface area contributed by atoms with Crippen molar-refractivity contribution in [3.63, 3.8) is 0 Å². The van der Waals surface area contributed by atoms with Crippen molar-refractivity contribution in [3.8, 4) is 0 Å². The van der Waals surface area contributed by atoms with Crippen molar-refractivity contribution >= 4 is 17.7 Å². The fourth-order valence-electron chi connectivity index (χ4n) is 3.48. The van der Waals surface area contributed by atoms with Crippen molar-refractivity contribution in [3.05, 3.63) is 51.3 Å². The Morgan fingerprint density at radius 2 is 2.07 bits per heavy atom. The monoisotopic (exact) mass is 400 g/mol. The minimum atomic E-state index is -0.338. The summed E-state index contributed by atoms with van der Waals surface area (Å²) in [5.74, 6) is 0.494. The molecule has 1 aliphatic rings. The van der Waals surface area contributed by atoms with E-state index in [1.54, 1.807) is 12.1 Å². The molecule has 0 spiro atoms. The second kappa shape index (κ2) is 9.09. The number of nitrogens with one attached hydrogen (secondary N) is 1. The number of nitrogens with zero attached hydrogens (tertiary/aromatic N) is 2. The van der Waals surface area contributed by atoms with Crippen LogP contribution in [0.3, 0.4) is 0 Å². The van der Waals surface area contributed by atoms with Crippen LogP contribution in [0, 0.1) is 0 Å². The van der Waals surface area contributed by atoms with Crippen LogP contribution in [0.15, 0.2) is 29.1 Å². The molecule has 0 aliphatic carbocycles. The number of hydrogen-bond acceptors (Lipinski definition) is 7. The van der Waals surface area contributed by atoms with Gasteiger partial charge in [-0.3, -0.25) is 9.36 Å². The molecule has 0 saturated carbocycles. The number of rotatable bonds is 8. The Morgan fingerprint density at radius 1 is 1.34 bits per heavy atom.